The lowest BCUT2D eigenvalue weighted by molar-refractivity contribution is 0.0679. The first-order valence-corrected chi connectivity index (χ1v) is 9.61. The molecule has 1 aliphatic rings. The number of carbonyl (C=O) groups is 1. The van der Waals surface area contributed by atoms with Crippen LogP contribution < -0.4 is 14.8 Å². The van der Waals surface area contributed by atoms with Crippen molar-refractivity contribution >= 4 is 23.2 Å². The van der Waals surface area contributed by atoms with Crippen molar-refractivity contribution in [3.8, 4) is 11.5 Å². The molecule has 27 heavy (non-hydrogen) atoms. The molecule has 0 spiro atoms. The van der Waals surface area contributed by atoms with Crippen molar-refractivity contribution in [1.82, 2.24) is 0 Å². The molecule has 1 amide bonds. The predicted molar refractivity (Wildman–Crippen MR) is 106 cm³/mol. The summed E-state index contributed by atoms with van der Waals surface area (Å²) in [6.07, 6.45) is 3.16. The maximum absolute atomic E-state index is 12.6. The maximum atomic E-state index is 12.6. The number of halogens is 1. The van der Waals surface area contributed by atoms with E-state index in [-0.39, 0.29) is 12.0 Å². The Morgan fingerprint density at radius 2 is 2.04 bits per heavy atom. The Morgan fingerprint density at radius 3 is 2.74 bits per heavy atom. The zero-order valence-corrected chi connectivity index (χ0v) is 16.1. The Labute approximate surface area is 164 Å². The topological polar surface area (TPSA) is 56.8 Å². The van der Waals surface area contributed by atoms with Gasteiger partial charge in [0.25, 0.3) is 5.91 Å². The molecular weight excluding hydrogens is 366 g/mol. The summed E-state index contributed by atoms with van der Waals surface area (Å²) in [6.45, 7) is 3.94. The fraction of sp³-hybridized carbons (Fsp3) is 0.381. The van der Waals surface area contributed by atoms with Crippen LogP contribution >= 0.6 is 11.6 Å². The molecule has 0 radical (unpaired) electrons. The van der Waals surface area contributed by atoms with E-state index < -0.39 is 0 Å². The average molecular weight is 390 g/mol. The molecule has 0 aromatic heterocycles. The first-order chi connectivity index (χ1) is 13.2. The van der Waals surface area contributed by atoms with Crippen LogP contribution in [0.3, 0.4) is 0 Å². The fourth-order valence-corrected chi connectivity index (χ4v) is 2.97. The van der Waals surface area contributed by atoms with Crippen LogP contribution in [0.15, 0.2) is 42.5 Å². The van der Waals surface area contributed by atoms with Crippen molar-refractivity contribution in [3.63, 3.8) is 0 Å². The number of hydrogen-bond donors (Lipinski definition) is 1. The van der Waals surface area contributed by atoms with E-state index in [1.807, 2.05) is 6.92 Å². The SMILES string of the molecule is CCCOc1ccc(Cl)cc1NC(=O)c1ccc(OCC2CCCO2)cc1. The first kappa shape index (κ1) is 19.5. The Balaban J connectivity index is 1.61. The second-order valence-electron chi connectivity index (χ2n) is 6.41. The van der Waals surface area contributed by atoms with Crippen LogP contribution in [-0.2, 0) is 4.74 Å². The van der Waals surface area contributed by atoms with E-state index in [0.29, 0.717) is 35.2 Å². The van der Waals surface area contributed by atoms with Crippen LogP contribution in [0.5, 0.6) is 11.5 Å². The summed E-state index contributed by atoms with van der Waals surface area (Å²) >= 11 is 6.06. The summed E-state index contributed by atoms with van der Waals surface area (Å²) < 4.78 is 16.9. The third kappa shape index (κ3) is 5.62. The Morgan fingerprint density at radius 1 is 1.22 bits per heavy atom. The van der Waals surface area contributed by atoms with Gasteiger partial charge in [-0.3, -0.25) is 4.79 Å². The van der Waals surface area contributed by atoms with Gasteiger partial charge in [-0.2, -0.15) is 0 Å². The van der Waals surface area contributed by atoms with Crippen molar-refractivity contribution in [2.45, 2.75) is 32.3 Å². The van der Waals surface area contributed by atoms with Gasteiger partial charge >= 0.3 is 0 Å². The number of anilines is 1. The van der Waals surface area contributed by atoms with Crippen molar-refractivity contribution in [1.29, 1.82) is 0 Å². The van der Waals surface area contributed by atoms with Crippen molar-refractivity contribution < 1.29 is 19.0 Å². The first-order valence-electron chi connectivity index (χ1n) is 9.24. The third-order valence-electron chi connectivity index (χ3n) is 4.23. The Bertz CT molecular complexity index is 757. The van der Waals surface area contributed by atoms with Crippen molar-refractivity contribution in [2.75, 3.05) is 25.1 Å². The smallest absolute Gasteiger partial charge is 0.255 e. The van der Waals surface area contributed by atoms with Crippen LogP contribution in [0.2, 0.25) is 5.02 Å². The molecule has 1 unspecified atom stereocenters. The summed E-state index contributed by atoms with van der Waals surface area (Å²) in [5.41, 5.74) is 1.08. The molecule has 5 nitrogen and oxygen atoms in total. The van der Waals surface area contributed by atoms with E-state index in [9.17, 15) is 4.79 Å². The van der Waals surface area contributed by atoms with E-state index in [0.717, 1.165) is 31.6 Å². The Kier molecular flexibility index (Phi) is 6.96. The summed E-state index contributed by atoms with van der Waals surface area (Å²) in [7, 11) is 0. The number of amides is 1. The number of benzene rings is 2. The predicted octanol–water partition coefficient (Wildman–Crippen LogP) is 4.94. The highest BCUT2D eigenvalue weighted by molar-refractivity contribution is 6.31. The molecular formula is C21H24ClNO4. The largest absolute Gasteiger partial charge is 0.491 e. The van der Waals surface area contributed by atoms with Crippen molar-refractivity contribution in [2.24, 2.45) is 0 Å². The molecule has 1 heterocycles. The van der Waals surface area contributed by atoms with E-state index in [1.54, 1.807) is 42.5 Å². The maximum Gasteiger partial charge on any atom is 0.255 e. The van der Waals surface area contributed by atoms with E-state index in [2.05, 4.69) is 5.32 Å². The van der Waals surface area contributed by atoms with Gasteiger partial charge in [0.05, 0.1) is 18.4 Å². The van der Waals surface area contributed by atoms with Crippen LogP contribution in [0.1, 0.15) is 36.5 Å². The molecule has 2 aromatic carbocycles. The highest BCUT2D eigenvalue weighted by Crippen LogP contribution is 2.29. The summed E-state index contributed by atoms with van der Waals surface area (Å²) in [5, 5.41) is 3.40. The van der Waals surface area contributed by atoms with Crippen LogP contribution in [0, 0.1) is 0 Å². The van der Waals surface area contributed by atoms with Gasteiger partial charge < -0.3 is 19.5 Å². The highest BCUT2D eigenvalue weighted by Gasteiger charge is 2.16. The van der Waals surface area contributed by atoms with Crippen molar-refractivity contribution in [3.05, 3.63) is 53.1 Å². The minimum Gasteiger partial charge on any atom is -0.491 e. The molecule has 3 rings (SSSR count). The van der Waals surface area contributed by atoms with Gasteiger partial charge in [0.15, 0.2) is 0 Å². The van der Waals surface area contributed by atoms with Crippen LogP contribution in [0.4, 0.5) is 5.69 Å². The molecule has 1 aliphatic heterocycles. The standard InChI is InChI=1S/C21H24ClNO4/c1-2-11-26-20-10-7-16(22)13-19(20)23-21(24)15-5-8-17(9-6-15)27-14-18-4-3-12-25-18/h5-10,13,18H,2-4,11-12,14H2,1H3,(H,23,24). The van der Waals surface area contributed by atoms with E-state index in [1.165, 1.54) is 0 Å². The monoisotopic (exact) mass is 389 g/mol. The second kappa shape index (κ2) is 9.62. The van der Waals surface area contributed by atoms with Gasteiger partial charge in [-0.1, -0.05) is 18.5 Å². The van der Waals surface area contributed by atoms with Gasteiger partial charge in [0.1, 0.15) is 18.1 Å². The quantitative estimate of drug-likeness (QED) is 0.694. The summed E-state index contributed by atoms with van der Waals surface area (Å²) in [6, 6.07) is 12.2. The normalized spacial score (nSPS) is 16.1. The molecule has 1 saturated heterocycles. The second-order valence-corrected chi connectivity index (χ2v) is 6.85. The third-order valence-corrected chi connectivity index (χ3v) is 4.46. The van der Waals surface area contributed by atoms with Gasteiger partial charge in [0, 0.05) is 17.2 Å². The molecule has 6 heteroatoms. The molecule has 1 fully saturated rings. The number of nitrogens with one attached hydrogen (secondary N) is 1. The van der Waals surface area contributed by atoms with Crippen LogP contribution in [-0.4, -0.2) is 31.8 Å². The zero-order chi connectivity index (χ0) is 19.1. The number of carbonyl (C=O) groups excluding carboxylic acids is 1. The molecule has 0 bridgehead atoms. The molecule has 0 aliphatic carbocycles. The molecule has 1 atom stereocenters. The lowest BCUT2D eigenvalue weighted by Gasteiger charge is -2.13. The lowest BCUT2D eigenvalue weighted by Crippen LogP contribution is -2.16. The van der Waals surface area contributed by atoms with Crippen LogP contribution in [0.25, 0.3) is 0 Å². The van der Waals surface area contributed by atoms with Gasteiger partial charge in [0.2, 0.25) is 0 Å². The van der Waals surface area contributed by atoms with E-state index >= 15 is 0 Å². The number of ether oxygens (including phenoxy) is 3. The summed E-state index contributed by atoms with van der Waals surface area (Å²) in [4.78, 5) is 12.6. The zero-order valence-electron chi connectivity index (χ0n) is 15.4. The molecule has 0 saturated carbocycles. The average Bonchev–Trinajstić information content (AvgIpc) is 3.20. The van der Waals surface area contributed by atoms with Gasteiger partial charge in [-0.15, -0.1) is 0 Å². The number of rotatable bonds is 8. The molecule has 144 valence electrons. The number of hydrogen-bond acceptors (Lipinski definition) is 4. The minimum atomic E-state index is -0.232. The minimum absolute atomic E-state index is 0.164. The fourth-order valence-electron chi connectivity index (χ4n) is 2.80. The van der Waals surface area contributed by atoms with E-state index in [4.69, 9.17) is 25.8 Å². The van der Waals surface area contributed by atoms with Gasteiger partial charge in [-0.05, 0) is 61.7 Å². The lowest BCUT2D eigenvalue weighted by atomic mass is 10.2. The molecule has 2 aromatic rings. The highest BCUT2D eigenvalue weighted by atomic mass is 35.5. The Hall–Kier alpha value is -2.24. The summed E-state index contributed by atoms with van der Waals surface area (Å²) in [5.74, 6) is 1.09. The van der Waals surface area contributed by atoms with Gasteiger partial charge in [-0.25, -0.2) is 0 Å². The molecule has 1 N–H and O–H groups in total.